The Kier molecular flexibility index (Phi) is 3.36. The van der Waals surface area contributed by atoms with Crippen molar-refractivity contribution < 1.29 is 0 Å². The summed E-state index contributed by atoms with van der Waals surface area (Å²) in [5.41, 5.74) is 4.83. The fourth-order valence-corrected chi connectivity index (χ4v) is 2.72. The molecular formula is C20H24N2. The number of rotatable bonds is 2. The Morgan fingerprint density at radius 3 is 2.14 bits per heavy atom. The molecule has 0 amide bonds. The number of hydrogen-bond donors (Lipinski definition) is 1. The quantitative estimate of drug-likeness (QED) is 0.658. The van der Waals surface area contributed by atoms with Crippen molar-refractivity contribution in [3.05, 3.63) is 54.1 Å². The summed E-state index contributed by atoms with van der Waals surface area (Å²) in [6.45, 7) is 11.5. The molecule has 22 heavy (non-hydrogen) atoms. The number of H-pyrrole nitrogens is 1. The second kappa shape index (κ2) is 4.98. The van der Waals surface area contributed by atoms with Crippen LogP contribution in [0.15, 0.2) is 48.5 Å². The Bertz CT molecular complexity index is 771. The van der Waals surface area contributed by atoms with Crippen molar-refractivity contribution in [3.63, 3.8) is 0 Å². The van der Waals surface area contributed by atoms with Crippen molar-refractivity contribution in [2.45, 2.75) is 40.0 Å². The molecule has 0 spiro atoms. The summed E-state index contributed by atoms with van der Waals surface area (Å²) in [6.07, 6.45) is 0. The predicted molar refractivity (Wildman–Crippen MR) is 94.0 cm³/mol. The van der Waals surface area contributed by atoms with Gasteiger partial charge in [-0.2, -0.15) is 0 Å². The predicted octanol–water partition coefficient (Wildman–Crippen LogP) is 5.55. The number of nitrogens with one attached hydrogen (secondary N) is 1. The molecule has 0 saturated heterocycles. The van der Waals surface area contributed by atoms with Gasteiger partial charge in [0.15, 0.2) is 0 Å². The Morgan fingerprint density at radius 2 is 1.45 bits per heavy atom. The van der Waals surface area contributed by atoms with Crippen LogP contribution in [0.1, 0.15) is 40.2 Å². The molecular weight excluding hydrogens is 268 g/mol. The van der Waals surface area contributed by atoms with Gasteiger partial charge in [0.1, 0.15) is 5.82 Å². The van der Waals surface area contributed by atoms with Gasteiger partial charge in [0.25, 0.3) is 0 Å². The minimum Gasteiger partial charge on any atom is -0.338 e. The molecule has 0 radical (unpaired) electrons. The van der Waals surface area contributed by atoms with Gasteiger partial charge in [-0.3, -0.25) is 0 Å². The molecule has 3 rings (SSSR count). The summed E-state index contributed by atoms with van der Waals surface area (Å²) in [7, 11) is 0. The number of nitrogens with zero attached hydrogens (tertiary/aromatic N) is 1. The first kappa shape index (κ1) is 14.8. The van der Waals surface area contributed by atoms with Crippen LogP contribution in [0.3, 0.4) is 0 Å². The van der Waals surface area contributed by atoms with E-state index in [-0.39, 0.29) is 10.8 Å². The minimum atomic E-state index is 0.0442. The van der Waals surface area contributed by atoms with E-state index in [0.717, 1.165) is 16.9 Å². The van der Waals surface area contributed by atoms with Crippen LogP contribution < -0.4 is 0 Å². The van der Waals surface area contributed by atoms with Crippen molar-refractivity contribution in [1.29, 1.82) is 0 Å². The monoisotopic (exact) mass is 292 g/mol. The highest BCUT2D eigenvalue weighted by Gasteiger charge is 2.36. The lowest BCUT2D eigenvalue weighted by atomic mass is 9.64. The smallest absolute Gasteiger partial charge is 0.138 e. The summed E-state index contributed by atoms with van der Waals surface area (Å²) in [6, 6.07) is 16.8. The van der Waals surface area contributed by atoms with Gasteiger partial charge in [-0.05, 0) is 28.5 Å². The maximum Gasteiger partial charge on any atom is 0.138 e. The molecule has 2 aromatic carbocycles. The fraction of sp³-hybridized carbons (Fsp3) is 0.350. The maximum absolute atomic E-state index is 4.78. The lowest BCUT2D eigenvalue weighted by Crippen LogP contribution is -2.34. The minimum absolute atomic E-state index is 0.0442. The van der Waals surface area contributed by atoms with E-state index in [4.69, 9.17) is 4.98 Å². The SMILES string of the molecule is CC(C)(C)C(C)(C)c1ccccc1-c1nc2ccccc2[nH]1. The molecule has 3 aromatic rings. The molecule has 1 heterocycles. The molecule has 0 saturated carbocycles. The van der Waals surface area contributed by atoms with E-state index in [9.17, 15) is 0 Å². The van der Waals surface area contributed by atoms with E-state index in [0.29, 0.717) is 0 Å². The van der Waals surface area contributed by atoms with Crippen molar-refractivity contribution in [1.82, 2.24) is 9.97 Å². The first-order valence-electron chi connectivity index (χ1n) is 7.85. The number of fused-ring (bicyclic) bond motifs is 1. The van der Waals surface area contributed by atoms with E-state index < -0.39 is 0 Å². The van der Waals surface area contributed by atoms with Gasteiger partial charge in [-0.1, -0.05) is 71.0 Å². The Morgan fingerprint density at radius 1 is 0.818 bits per heavy atom. The lowest BCUT2D eigenvalue weighted by molar-refractivity contribution is 0.226. The molecule has 0 aliphatic heterocycles. The number of aromatic nitrogens is 2. The van der Waals surface area contributed by atoms with Crippen LogP contribution in [0.2, 0.25) is 0 Å². The number of aromatic amines is 1. The van der Waals surface area contributed by atoms with E-state index in [1.54, 1.807) is 0 Å². The summed E-state index contributed by atoms with van der Waals surface area (Å²) >= 11 is 0. The molecule has 0 aliphatic carbocycles. The van der Waals surface area contributed by atoms with E-state index >= 15 is 0 Å². The fourth-order valence-electron chi connectivity index (χ4n) is 2.72. The first-order chi connectivity index (χ1) is 10.3. The zero-order valence-corrected chi connectivity index (χ0v) is 14.1. The van der Waals surface area contributed by atoms with Crippen LogP contribution in [-0.4, -0.2) is 9.97 Å². The van der Waals surface area contributed by atoms with Gasteiger partial charge in [0.05, 0.1) is 11.0 Å². The Hall–Kier alpha value is -2.09. The average molecular weight is 292 g/mol. The molecule has 2 heteroatoms. The third-order valence-corrected chi connectivity index (χ3v) is 5.12. The summed E-state index contributed by atoms with van der Waals surface area (Å²) in [5.74, 6) is 0.953. The maximum atomic E-state index is 4.78. The van der Waals surface area contributed by atoms with E-state index in [2.05, 4.69) is 69.9 Å². The van der Waals surface area contributed by atoms with Gasteiger partial charge in [-0.25, -0.2) is 4.98 Å². The van der Waals surface area contributed by atoms with Crippen molar-refractivity contribution in [3.8, 4) is 11.4 Å². The normalized spacial score (nSPS) is 12.8. The zero-order chi connectivity index (χ0) is 16.0. The zero-order valence-electron chi connectivity index (χ0n) is 14.1. The second-order valence-corrected chi connectivity index (χ2v) is 7.52. The molecule has 0 fully saturated rings. The Labute approximate surface area is 132 Å². The second-order valence-electron chi connectivity index (χ2n) is 7.52. The molecule has 0 atom stereocenters. The highest BCUT2D eigenvalue weighted by atomic mass is 14.9. The van der Waals surface area contributed by atoms with Crippen molar-refractivity contribution >= 4 is 11.0 Å². The molecule has 2 nitrogen and oxygen atoms in total. The van der Waals surface area contributed by atoms with E-state index in [1.165, 1.54) is 11.1 Å². The third-order valence-electron chi connectivity index (χ3n) is 5.12. The number of hydrogen-bond acceptors (Lipinski definition) is 1. The van der Waals surface area contributed by atoms with Gasteiger partial charge < -0.3 is 4.98 Å². The van der Waals surface area contributed by atoms with Crippen LogP contribution in [0, 0.1) is 5.41 Å². The van der Waals surface area contributed by atoms with Gasteiger partial charge >= 0.3 is 0 Å². The third kappa shape index (κ3) is 2.33. The van der Waals surface area contributed by atoms with Gasteiger partial charge in [0.2, 0.25) is 0 Å². The molecule has 1 N–H and O–H groups in total. The summed E-state index contributed by atoms with van der Waals surface area (Å²) in [5, 5.41) is 0. The average Bonchev–Trinajstić information content (AvgIpc) is 2.90. The van der Waals surface area contributed by atoms with Gasteiger partial charge in [0, 0.05) is 5.56 Å². The number of imidazole rings is 1. The van der Waals surface area contributed by atoms with Crippen molar-refractivity contribution in [2.24, 2.45) is 5.41 Å². The molecule has 0 unspecified atom stereocenters. The van der Waals surface area contributed by atoms with Crippen LogP contribution in [0.5, 0.6) is 0 Å². The number of benzene rings is 2. The first-order valence-corrected chi connectivity index (χ1v) is 7.85. The van der Waals surface area contributed by atoms with E-state index in [1.807, 2.05) is 18.2 Å². The van der Waals surface area contributed by atoms with Crippen LogP contribution in [0.4, 0.5) is 0 Å². The molecule has 0 aliphatic rings. The largest absolute Gasteiger partial charge is 0.338 e. The van der Waals surface area contributed by atoms with Crippen LogP contribution in [0.25, 0.3) is 22.4 Å². The molecule has 1 aromatic heterocycles. The molecule has 114 valence electrons. The highest BCUT2D eigenvalue weighted by Crippen LogP contribution is 2.44. The van der Waals surface area contributed by atoms with Gasteiger partial charge in [-0.15, -0.1) is 0 Å². The molecule has 0 bridgehead atoms. The van der Waals surface area contributed by atoms with Crippen molar-refractivity contribution in [2.75, 3.05) is 0 Å². The number of para-hydroxylation sites is 2. The summed E-state index contributed by atoms with van der Waals surface area (Å²) in [4.78, 5) is 8.25. The summed E-state index contributed by atoms with van der Waals surface area (Å²) < 4.78 is 0. The lowest BCUT2D eigenvalue weighted by Gasteiger charge is -2.40. The Balaban J connectivity index is 2.20. The highest BCUT2D eigenvalue weighted by molar-refractivity contribution is 5.80. The standard InChI is InChI=1S/C20H24N2/c1-19(2,3)20(4,5)15-11-7-6-10-14(15)18-21-16-12-8-9-13-17(16)22-18/h6-13H,1-5H3,(H,21,22). The topological polar surface area (TPSA) is 28.7 Å². The van der Waals surface area contributed by atoms with Crippen LogP contribution in [-0.2, 0) is 5.41 Å². The van der Waals surface area contributed by atoms with Crippen LogP contribution >= 0.6 is 0 Å².